The molecule has 1 aromatic carbocycles. The SMILES string of the molecule is COC(=O)[C@H](C)NCc1c(C)nn(-c2ccccc2)c1C. The van der Waals surface area contributed by atoms with Gasteiger partial charge in [-0.25, -0.2) is 4.68 Å². The fourth-order valence-electron chi connectivity index (χ4n) is 2.27. The highest BCUT2D eigenvalue weighted by molar-refractivity contribution is 5.75. The van der Waals surface area contributed by atoms with E-state index in [9.17, 15) is 4.79 Å². The minimum Gasteiger partial charge on any atom is -0.468 e. The number of aryl methyl sites for hydroxylation is 1. The number of ether oxygens (including phenoxy) is 1. The van der Waals surface area contributed by atoms with Crippen LogP contribution in [0, 0.1) is 13.8 Å². The van der Waals surface area contributed by atoms with E-state index in [2.05, 4.69) is 10.4 Å². The lowest BCUT2D eigenvalue weighted by molar-refractivity contribution is -0.142. The third-order valence-electron chi connectivity index (χ3n) is 3.58. The van der Waals surface area contributed by atoms with Crippen LogP contribution in [0.15, 0.2) is 30.3 Å². The highest BCUT2D eigenvalue weighted by atomic mass is 16.5. The number of esters is 1. The normalized spacial score (nSPS) is 12.2. The Hall–Kier alpha value is -2.14. The smallest absolute Gasteiger partial charge is 0.322 e. The second-order valence-electron chi connectivity index (χ2n) is 5.02. The number of methoxy groups -OCH3 is 1. The van der Waals surface area contributed by atoms with Crippen LogP contribution in [-0.4, -0.2) is 28.9 Å². The molecule has 1 aromatic heterocycles. The molecule has 0 aliphatic carbocycles. The summed E-state index contributed by atoms with van der Waals surface area (Å²) in [6, 6.07) is 9.66. The zero-order valence-electron chi connectivity index (χ0n) is 12.9. The molecular weight excluding hydrogens is 266 g/mol. The van der Waals surface area contributed by atoms with Gasteiger partial charge in [-0.1, -0.05) is 18.2 Å². The standard InChI is InChI=1S/C16H21N3O2/c1-11-15(10-17-12(2)16(20)21-4)13(3)19(18-11)14-8-6-5-7-9-14/h5-9,12,17H,10H2,1-4H3/t12-/m0/s1. The van der Waals surface area contributed by atoms with Crippen molar-refractivity contribution in [2.24, 2.45) is 0 Å². The number of carbonyl (C=O) groups is 1. The van der Waals surface area contributed by atoms with Crippen LogP contribution in [0.3, 0.4) is 0 Å². The number of hydrogen-bond donors (Lipinski definition) is 1. The zero-order chi connectivity index (χ0) is 15.4. The Kier molecular flexibility index (Phi) is 4.75. The maximum atomic E-state index is 11.4. The summed E-state index contributed by atoms with van der Waals surface area (Å²) in [4.78, 5) is 11.4. The largest absolute Gasteiger partial charge is 0.468 e. The Morgan fingerprint density at radius 2 is 2.00 bits per heavy atom. The summed E-state index contributed by atoms with van der Waals surface area (Å²) in [5.41, 5.74) is 4.17. The average Bonchev–Trinajstić information content (AvgIpc) is 2.79. The molecule has 0 bridgehead atoms. The highest BCUT2D eigenvalue weighted by Gasteiger charge is 2.16. The molecule has 0 saturated carbocycles. The molecule has 0 aliphatic rings. The minimum absolute atomic E-state index is 0.263. The molecule has 0 fully saturated rings. The first-order valence-electron chi connectivity index (χ1n) is 6.96. The van der Waals surface area contributed by atoms with Gasteiger partial charge in [-0.3, -0.25) is 4.79 Å². The van der Waals surface area contributed by atoms with E-state index in [1.807, 2.05) is 48.9 Å². The first-order valence-corrected chi connectivity index (χ1v) is 6.96. The van der Waals surface area contributed by atoms with E-state index in [1.165, 1.54) is 7.11 Å². The van der Waals surface area contributed by atoms with Crippen LogP contribution >= 0.6 is 0 Å². The molecule has 0 aliphatic heterocycles. The van der Waals surface area contributed by atoms with Gasteiger partial charge in [0, 0.05) is 17.8 Å². The molecule has 2 rings (SSSR count). The van der Waals surface area contributed by atoms with Gasteiger partial charge in [0.05, 0.1) is 18.5 Å². The molecule has 2 aromatic rings. The summed E-state index contributed by atoms with van der Waals surface area (Å²) in [5.74, 6) is -0.263. The van der Waals surface area contributed by atoms with Gasteiger partial charge < -0.3 is 10.1 Å². The molecule has 21 heavy (non-hydrogen) atoms. The molecule has 1 N–H and O–H groups in total. The van der Waals surface area contributed by atoms with Gasteiger partial charge in [-0.05, 0) is 32.9 Å². The lowest BCUT2D eigenvalue weighted by Crippen LogP contribution is -2.34. The molecule has 0 amide bonds. The number of carbonyl (C=O) groups excluding carboxylic acids is 1. The summed E-state index contributed by atoms with van der Waals surface area (Å²) < 4.78 is 6.64. The summed E-state index contributed by atoms with van der Waals surface area (Å²) in [7, 11) is 1.39. The second-order valence-corrected chi connectivity index (χ2v) is 5.02. The first kappa shape index (κ1) is 15.3. The molecule has 0 spiro atoms. The molecule has 0 radical (unpaired) electrons. The van der Waals surface area contributed by atoms with Crippen LogP contribution in [0.2, 0.25) is 0 Å². The number of benzene rings is 1. The fraction of sp³-hybridized carbons (Fsp3) is 0.375. The van der Waals surface area contributed by atoms with Gasteiger partial charge in [0.1, 0.15) is 6.04 Å². The second kappa shape index (κ2) is 6.54. The van der Waals surface area contributed by atoms with Crippen LogP contribution in [-0.2, 0) is 16.1 Å². The lowest BCUT2D eigenvalue weighted by Gasteiger charge is -2.11. The van der Waals surface area contributed by atoms with Gasteiger partial charge in [0.15, 0.2) is 0 Å². The number of nitrogens with zero attached hydrogens (tertiary/aromatic N) is 2. The quantitative estimate of drug-likeness (QED) is 0.856. The fourth-order valence-corrected chi connectivity index (χ4v) is 2.27. The molecule has 1 atom stereocenters. The number of para-hydroxylation sites is 1. The Bertz CT molecular complexity index is 620. The third-order valence-corrected chi connectivity index (χ3v) is 3.58. The summed E-state index contributed by atoms with van der Waals surface area (Å²) >= 11 is 0. The van der Waals surface area contributed by atoms with Crippen molar-refractivity contribution >= 4 is 5.97 Å². The van der Waals surface area contributed by atoms with Crippen molar-refractivity contribution in [2.45, 2.75) is 33.4 Å². The molecular formula is C16H21N3O2. The number of hydrogen-bond acceptors (Lipinski definition) is 4. The maximum Gasteiger partial charge on any atom is 0.322 e. The van der Waals surface area contributed by atoms with E-state index in [4.69, 9.17) is 4.74 Å². The van der Waals surface area contributed by atoms with Gasteiger partial charge >= 0.3 is 5.97 Å². The Labute approximate surface area is 124 Å². The topological polar surface area (TPSA) is 56.1 Å². The third kappa shape index (κ3) is 3.31. The molecule has 0 saturated heterocycles. The molecule has 112 valence electrons. The maximum absolute atomic E-state index is 11.4. The number of rotatable bonds is 5. The average molecular weight is 287 g/mol. The van der Waals surface area contributed by atoms with E-state index >= 15 is 0 Å². The predicted octanol–water partition coefficient (Wildman–Crippen LogP) is 2.14. The molecule has 5 heteroatoms. The lowest BCUT2D eigenvalue weighted by atomic mass is 10.2. The zero-order valence-corrected chi connectivity index (χ0v) is 12.9. The van der Waals surface area contributed by atoms with Crippen molar-refractivity contribution in [3.05, 3.63) is 47.3 Å². The van der Waals surface area contributed by atoms with Gasteiger partial charge in [0.25, 0.3) is 0 Å². The summed E-state index contributed by atoms with van der Waals surface area (Å²) in [6.07, 6.45) is 0. The van der Waals surface area contributed by atoms with Gasteiger partial charge in [-0.15, -0.1) is 0 Å². The van der Waals surface area contributed by atoms with Crippen molar-refractivity contribution in [2.75, 3.05) is 7.11 Å². The van der Waals surface area contributed by atoms with Crippen molar-refractivity contribution < 1.29 is 9.53 Å². The minimum atomic E-state index is -0.339. The van der Waals surface area contributed by atoms with Crippen LogP contribution in [0.4, 0.5) is 0 Å². The Balaban J connectivity index is 2.19. The van der Waals surface area contributed by atoms with Crippen LogP contribution in [0.25, 0.3) is 5.69 Å². The number of aromatic nitrogens is 2. The van der Waals surface area contributed by atoms with Crippen molar-refractivity contribution in [3.8, 4) is 5.69 Å². The van der Waals surface area contributed by atoms with Crippen molar-refractivity contribution in [1.29, 1.82) is 0 Å². The van der Waals surface area contributed by atoms with Crippen LogP contribution in [0.1, 0.15) is 23.9 Å². The first-order chi connectivity index (χ1) is 10.0. The molecule has 0 unspecified atom stereocenters. The Morgan fingerprint density at radius 3 is 2.62 bits per heavy atom. The summed E-state index contributed by atoms with van der Waals surface area (Å²) in [6.45, 7) is 6.39. The van der Waals surface area contributed by atoms with E-state index in [-0.39, 0.29) is 12.0 Å². The number of nitrogens with one attached hydrogen (secondary N) is 1. The van der Waals surface area contributed by atoms with Gasteiger partial charge in [-0.2, -0.15) is 5.10 Å². The summed E-state index contributed by atoms with van der Waals surface area (Å²) in [5, 5.41) is 7.75. The Morgan fingerprint density at radius 1 is 1.33 bits per heavy atom. The van der Waals surface area contributed by atoms with Crippen LogP contribution < -0.4 is 5.32 Å². The molecule has 5 nitrogen and oxygen atoms in total. The highest BCUT2D eigenvalue weighted by Crippen LogP contribution is 2.17. The van der Waals surface area contributed by atoms with E-state index in [0.29, 0.717) is 6.54 Å². The van der Waals surface area contributed by atoms with E-state index < -0.39 is 0 Å². The van der Waals surface area contributed by atoms with Crippen LogP contribution in [0.5, 0.6) is 0 Å². The van der Waals surface area contributed by atoms with E-state index in [0.717, 1.165) is 22.6 Å². The molecule has 1 heterocycles. The van der Waals surface area contributed by atoms with Gasteiger partial charge in [0.2, 0.25) is 0 Å². The van der Waals surface area contributed by atoms with Crippen molar-refractivity contribution in [3.63, 3.8) is 0 Å². The monoisotopic (exact) mass is 287 g/mol. The van der Waals surface area contributed by atoms with Crippen molar-refractivity contribution in [1.82, 2.24) is 15.1 Å². The van der Waals surface area contributed by atoms with E-state index in [1.54, 1.807) is 6.92 Å². The predicted molar refractivity (Wildman–Crippen MR) is 81.4 cm³/mol.